The van der Waals surface area contributed by atoms with Crippen molar-refractivity contribution in [1.29, 1.82) is 0 Å². The highest BCUT2D eigenvalue weighted by Gasteiger charge is 2.33. The number of benzene rings is 2. The molecule has 4 rings (SSSR count). The summed E-state index contributed by atoms with van der Waals surface area (Å²) >= 11 is 1.53. The Balaban J connectivity index is 1.92. The van der Waals surface area contributed by atoms with E-state index >= 15 is 0 Å². The molecule has 1 aliphatic rings. The van der Waals surface area contributed by atoms with E-state index in [4.69, 9.17) is 19.3 Å². The van der Waals surface area contributed by atoms with Crippen molar-refractivity contribution in [2.24, 2.45) is 0 Å². The highest BCUT2D eigenvalue weighted by Crippen LogP contribution is 2.49. The Morgan fingerprint density at radius 3 is 2.37 bits per heavy atom. The van der Waals surface area contributed by atoms with Gasteiger partial charge in [-0.2, -0.15) is 5.10 Å². The predicted molar refractivity (Wildman–Crippen MR) is 117 cm³/mol. The maximum absolute atomic E-state index is 12.5. The third-order valence-corrected chi connectivity index (χ3v) is 6.28. The minimum absolute atomic E-state index is 0.0692. The number of carbonyl (C=O) groups is 1. The van der Waals surface area contributed by atoms with E-state index in [1.165, 1.54) is 11.8 Å². The number of hydrogen-bond acceptors (Lipinski definition) is 6. The first-order valence-corrected chi connectivity index (χ1v) is 10.5. The Morgan fingerprint density at radius 1 is 1.03 bits per heavy atom. The molecule has 0 spiro atoms. The maximum atomic E-state index is 12.5. The van der Waals surface area contributed by atoms with Crippen LogP contribution in [0.5, 0.6) is 17.2 Å². The Morgan fingerprint density at radius 2 is 1.70 bits per heavy atom. The molecule has 0 aliphatic carbocycles. The molecule has 0 bridgehead atoms. The smallest absolute Gasteiger partial charge is 0.235 e. The lowest BCUT2D eigenvalue weighted by atomic mass is 10.0. The van der Waals surface area contributed by atoms with Gasteiger partial charge in [0.1, 0.15) is 11.6 Å². The summed E-state index contributed by atoms with van der Waals surface area (Å²) in [7, 11) is 4.81. The second kappa shape index (κ2) is 8.31. The van der Waals surface area contributed by atoms with Gasteiger partial charge >= 0.3 is 0 Å². The number of aryl methyl sites for hydroxylation is 1. The summed E-state index contributed by atoms with van der Waals surface area (Å²) < 4.78 is 18.4. The van der Waals surface area contributed by atoms with Crippen LogP contribution in [0.3, 0.4) is 0 Å². The summed E-state index contributed by atoms with van der Waals surface area (Å²) in [5.41, 5.74) is 3.56. The van der Waals surface area contributed by atoms with Gasteiger partial charge in [-0.05, 0) is 25.1 Å². The third kappa shape index (κ3) is 3.47. The molecule has 1 aromatic heterocycles. The Kier molecular flexibility index (Phi) is 5.59. The average molecular weight is 426 g/mol. The summed E-state index contributed by atoms with van der Waals surface area (Å²) in [6, 6.07) is 13.5. The zero-order valence-electron chi connectivity index (χ0n) is 17.3. The number of nitrogens with zero attached hydrogens (tertiary/aromatic N) is 2. The molecule has 0 saturated heterocycles. The summed E-state index contributed by atoms with van der Waals surface area (Å²) in [5.74, 6) is 2.77. The summed E-state index contributed by atoms with van der Waals surface area (Å²) in [6.45, 7) is 1.95. The number of rotatable bonds is 5. The topological polar surface area (TPSA) is 74.6 Å². The number of ether oxygens (including phenoxy) is 3. The first-order chi connectivity index (χ1) is 14.6. The Hall–Kier alpha value is -3.13. The van der Waals surface area contributed by atoms with Crippen LogP contribution in [0.4, 0.5) is 5.82 Å². The second-order valence-electron chi connectivity index (χ2n) is 6.78. The van der Waals surface area contributed by atoms with Crippen LogP contribution in [0, 0.1) is 6.92 Å². The van der Waals surface area contributed by atoms with E-state index in [-0.39, 0.29) is 11.2 Å². The molecule has 1 N–H and O–H groups in total. The van der Waals surface area contributed by atoms with Crippen molar-refractivity contribution >= 4 is 23.5 Å². The fourth-order valence-electron chi connectivity index (χ4n) is 3.64. The van der Waals surface area contributed by atoms with Crippen molar-refractivity contribution in [3.8, 4) is 22.9 Å². The van der Waals surface area contributed by atoms with Crippen molar-refractivity contribution in [1.82, 2.24) is 9.78 Å². The van der Waals surface area contributed by atoms with Crippen molar-refractivity contribution in [2.75, 3.05) is 32.4 Å². The van der Waals surface area contributed by atoms with Gasteiger partial charge in [-0.25, -0.2) is 4.68 Å². The maximum Gasteiger partial charge on any atom is 0.235 e. The van der Waals surface area contributed by atoms with E-state index in [0.717, 1.165) is 22.5 Å². The van der Waals surface area contributed by atoms with Crippen molar-refractivity contribution < 1.29 is 19.0 Å². The molecule has 30 heavy (non-hydrogen) atoms. The molecule has 2 heterocycles. The number of anilines is 1. The SMILES string of the molecule is COc1cc(OC)c([C@@H]2SCC(=O)Nc3c2c(C)nn3-c2ccccc2)cc1OC. The van der Waals surface area contributed by atoms with Crippen LogP contribution in [0.2, 0.25) is 0 Å². The molecule has 0 saturated carbocycles. The molecule has 7 nitrogen and oxygen atoms in total. The molecule has 156 valence electrons. The number of amides is 1. The van der Waals surface area contributed by atoms with Gasteiger partial charge in [-0.1, -0.05) is 18.2 Å². The first-order valence-electron chi connectivity index (χ1n) is 9.43. The second-order valence-corrected chi connectivity index (χ2v) is 7.88. The first kappa shape index (κ1) is 20.2. The molecule has 3 aromatic rings. The standard InChI is InChI=1S/C22H23N3O4S/c1-13-20-21(15-10-17(28-3)18(29-4)11-16(15)27-2)30-12-19(26)23-22(20)25(24-13)14-8-6-5-7-9-14/h5-11,21H,12H2,1-4H3,(H,23,26)/t21-/m0/s1. The minimum Gasteiger partial charge on any atom is -0.496 e. The summed E-state index contributed by atoms with van der Waals surface area (Å²) in [4.78, 5) is 12.5. The Labute approximate surface area is 179 Å². The average Bonchev–Trinajstić information content (AvgIpc) is 2.98. The zero-order valence-corrected chi connectivity index (χ0v) is 18.1. The van der Waals surface area contributed by atoms with Gasteiger partial charge < -0.3 is 19.5 Å². The number of para-hydroxylation sites is 1. The number of thioether (sulfide) groups is 1. The molecular weight excluding hydrogens is 402 g/mol. The fourth-order valence-corrected chi connectivity index (χ4v) is 4.85. The molecule has 1 atom stereocenters. The number of nitrogens with one attached hydrogen (secondary N) is 1. The highest BCUT2D eigenvalue weighted by molar-refractivity contribution is 8.00. The summed E-state index contributed by atoms with van der Waals surface area (Å²) in [5, 5.41) is 7.61. The van der Waals surface area contributed by atoms with Crippen LogP contribution in [-0.4, -0.2) is 42.8 Å². The lowest BCUT2D eigenvalue weighted by Crippen LogP contribution is -2.15. The van der Waals surface area contributed by atoms with Crippen molar-refractivity contribution in [2.45, 2.75) is 12.2 Å². The monoisotopic (exact) mass is 425 g/mol. The van der Waals surface area contributed by atoms with E-state index in [1.807, 2.05) is 49.4 Å². The molecule has 2 aromatic carbocycles. The molecule has 0 unspecified atom stereocenters. The van der Waals surface area contributed by atoms with Crippen molar-refractivity contribution in [3.63, 3.8) is 0 Å². The van der Waals surface area contributed by atoms with Gasteiger partial charge in [0.15, 0.2) is 11.5 Å². The van der Waals surface area contributed by atoms with Gasteiger partial charge in [-0.15, -0.1) is 11.8 Å². The van der Waals surface area contributed by atoms with Crippen LogP contribution in [0.15, 0.2) is 42.5 Å². The normalized spacial score (nSPS) is 15.7. The predicted octanol–water partition coefficient (Wildman–Crippen LogP) is 3.98. The van der Waals surface area contributed by atoms with Crippen LogP contribution in [-0.2, 0) is 4.79 Å². The molecule has 1 amide bonds. The van der Waals surface area contributed by atoms with E-state index in [1.54, 1.807) is 26.0 Å². The molecule has 1 aliphatic heterocycles. The van der Waals surface area contributed by atoms with Crippen LogP contribution in [0.1, 0.15) is 22.1 Å². The number of aromatic nitrogens is 2. The highest BCUT2D eigenvalue weighted by atomic mass is 32.2. The number of methoxy groups -OCH3 is 3. The molecular formula is C22H23N3O4S. The number of hydrogen-bond donors (Lipinski definition) is 1. The van der Waals surface area contributed by atoms with Crippen LogP contribution in [0.25, 0.3) is 5.69 Å². The van der Waals surface area contributed by atoms with Crippen molar-refractivity contribution in [3.05, 3.63) is 59.3 Å². The van der Waals surface area contributed by atoms with E-state index in [0.29, 0.717) is 28.8 Å². The van der Waals surface area contributed by atoms with Gasteiger partial charge in [0, 0.05) is 17.2 Å². The van der Waals surface area contributed by atoms with Gasteiger partial charge in [0.25, 0.3) is 0 Å². The van der Waals surface area contributed by atoms with E-state index in [9.17, 15) is 4.79 Å². The molecule has 0 radical (unpaired) electrons. The van der Waals surface area contributed by atoms with Gasteiger partial charge in [-0.3, -0.25) is 4.79 Å². The number of carbonyl (C=O) groups excluding carboxylic acids is 1. The van der Waals surface area contributed by atoms with E-state index in [2.05, 4.69) is 5.32 Å². The Bertz CT molecular complexity index is 1080. The largest absolute Gasteiger partial charge is 0.496 e. The van der Waals surface area contributed by atoms with Gasteiger partial charge in [0.05, 0.1) is 43.7 Å². The quantitative estimate of drug-likeness (QED) is 0.667. The minimum atomic E-state index is -0.175. The molecule has 8 heteroatoms. The fraction of sp³-hybridized carbons (Fsp3) is 0.273. The zero-order chi connectivity index (χ0) is 21.3. The number of fused-ring (bicyclic) bond motifs is 1. The van der Waals surface area contributed by atoms with Gasteiger partial charge in [0.2, 0.25) is 5.91 Å². The van der Waals surface area contributed by atoms with E-state index < -0.39 is 0 Å². The van der Waals surface area contributed by atoms with Crippen LogP contribution < -0.4 is 19.5 Å². The molecule has 0 fully saturated rings. The summed E-state index contributed by atoms with van der Waals surface area (Å²) in [6.07, 6.45) is 0. The van der Waals surface area contributed by atoms with Crippen LogP contribution >= 0.6 is 11.8 Å². The lowest BCUT2D eigenvalue weighted by molar-refractivity contribution is -0.113. The lowest BCUT2D eigenvalue weighted by Gasteiger charge is -2.20. The third-order valence-electron chi connectivity index (χ3n) is 5.03.